The molecule has 6 heteroatoms. The molecular weight excluding hydrogens is 268 g/mol. The Labute approximate surface area is 120 Å². The summed E-state index contributed by atoms with van der Waals surface area (Å²) in [5.41, 5.74) is 3.11. The Hall–Kier alpha value is -2.37. The highest BCUT2D eigenvalue weighted by Gasteiger charge is 2.20. The van der Waals surface area contributed by atoms with E-state index in [1.165, 1.54) is 35.7 Å². The maximum absolute atomic E-state index is 12.5. The van der Waals surface area contributed by atoms with Crippen molar-refractivity contribution >= 4 is 21.9 Å². The second-order valence-electron chi connectivity index (χ2n) is 5.74. The number of fused-ring (bicyclic) bond motifs is 5. The Morgan fingerprint density at radius 1 is 1.14 bits per heavy atom. The van der Waals surface area contributed by atoms with Gasteiger partial charge in [-0.15, -0.1) is 0 Å². The Morgan fingerprint density at radius 3 is 2.71 bits per heavy atom. The molecule has 0 saturated carbocycles. The third kappa shape index (κ3) is 1.50. The molecule has 0 atom stereocenters. The molecule has 0 aliphatic heterocycles. The number of rotatable bonds is 0. The standard InChI is InChI=1S/C15H16N4O2/c1-18-13-11(14(20)19(2)15(18)21)12-9(7-16-13)8-5-3-4-6-10(8)17-12/h7,17H,3-6H2,1-2H3. The molecule has 6 nitrogen and oxygen atoms in total. The number of pyridine rings is 1. The minimum Gasteiger partial charge on any atom is -0.357 e. The number of aromatic amines is 1. The number of aryl methyl sites for hydroxylation is 3. The number of nitrogens with one attached hydrogen (secondary N) is 1. The van der Waals surface area contributed by atoms with Crippen LogP contribution in [0.15, 0.2) is 15.8 Å². The average molecular weight is 284 g/mol. The Bertz CT molecular complexity index is 1010. The summed E-state index contributed by atoms with van der Waals surface area (Å²) in [6.07, 6.45) is 6.16. The number of hydrogen-bond donors (Lipinski definition) is 1. The van der Waals surface area contributed by atoms with Gasteiger partial charge >= 0.3 is 5.69 Å². The molecule has 3 aromatic rings. The molecule has 1 aliphatic rings. The fraction of sp³-hybridized carbons (Fsp3) is 0.400. The first-order chi connectivity index (χ1) is 10.1. The average Bonchev–Trinajstić information content (AvgIpc) is 2.88. The van der Waals surface area contributed by atoms with E-state index < -0.39 is 0 Å². The summed E-state index contributed by atoms with van der Waals surface area (Å²) in [7, 11) is 3.15. The van der Waals surface area contributed by atoms with Crippen LogP contribution < -0.4 is 11.2 Å². The first kappa shape index (κ1) is 12.4. The van der Waals surface area contributed by atoms with E-state index in [9.17, 15) is 9.59 Å². The van der Waals surface area contributed by atoms with Crippen LogP contribution >= 0.6 is 0 Å². The quantitative estimate of drug-likeness (QED) is 0.669. The molecule has 0 aromatic carbocycles. The zero-order chi connectivity index (χ0) is 14.7. The van der Waals surface area contributed by atoms with Gasteiger partial charge in [0, 0.05) is 31.4 Å². The lowest BCUT2D eigenvalue weighted by Gasteiger charge is -2.10. The molecule has 0 radical (unpaired) electrons. The van der Waals surface area contributed by atoms with Crippen molar-refractivity contribution in [2.24, 2.45) is 14.1 Å². The van der Waals surface area contributed by atoms with E-state index >= 15 is 0 Å². The normalized spacial score (nSPS) is 14.8. The molecule has 3 heterocycles. The highest BCUT2D eigenvalue weighted by molar-refractivity contribution is 6.03. The molecule has 0 spiro atoms. The van der Waals surface area contributed by atoms with Gasteiger partial charge in [-0.1, -0.05) is 0 Å². The van der Waals surface area contributed by atoms with Crippen LogP contribution in [-0.2, 0) is 26.9 Å². The molecule has 21 heavy (non-hydrogen) atoms. The number of aromatic nitrogens is 4. The lowest BCUT2D eigenvalue weighted by molar-refractivity contribution is 0.680. The van der Waals surface area contributed by atoms with Crippen LogP contribution in [-0.4, -0.2) is 19.1 Å². The third-order valence-corrected chi connectivity index (χ3v) is 4.54. The van der Waals surface area contributed by atoms with Crippen LogP contribution in [0.25, 0.3) is 21.9 Å². The summed E-state index contributed by atoms with van der Waals surface area (Å²) in [4.78, 5) is 32.3. The molecule has 0 saturated heterocycles. The van der Waals surface area contributed by atoms with Gasteiger partial charge in [-0.3, -0.25) is 13.9 Å². The summed E-state index contributed by atoms with van der Waals surface area (Å²) in [6, 6.07) is 0. The van der Waals surface area contributed by atoms with Gasteiger partial charge in [0.1, 0.15) is 5.39 Å². The van der Waals surface area contributed by atoms with Gasteiger partial charge in [0.05, 0.1) is 5.52 Å². The van der Waals surface area contributed by atoms with Gasteiger partial charge < -0.3 is 4.98 Å². The highest BCUT2D eigenvalue weighted by atomic mass is 16.2. The smallest absolute Gasteiger partial charge is 0.332 e. The molecule has 0 amide bonds. The Balaban J connectivity index is 2.28. The third-order valence-electron chi connectivity index (χ3n) is 4.54. The number of hydrogen-bond acceptors (Lipinski definition) is 3. The summed E-state index contributed by atoms with van der Waals surface area (Å²) in [5.74, 6) is 0. The van der Waals surface area contributed by atoms with Crippen LogP contribution in [0, 0.1) is 0 Å². The first-order valence-electron chi connectivity index (χ1n) is 7.17. The maximum atomic E-state index is 12.5. The zero-order valence-electron chi connectivity index (χ0n) is 12.1. The number of H-pyrrole nitrogens is 1. The molecule has 108 valence electrons. The van der Waals surface area contributed by atoms with Gasteiger partial charge in [0.15, 0.2) is 5.65 Å². The van der Waals surface area contributed by atoms with Crippen molar-refractivity contribution in [1.82, 2.24) is 19.1 Å². The van der Waals surface area contributed by atoms with E-state index in [4.69, 9.17) is 0 Å². The van der Waals surface area contributed by atoms with Gasteiger partial charge in [0.25, 0.3) is 5.56 Å². The van der Waals surface area contributed by atoms with Gasteiger partial charge in [-0.05, 0) is 31.2 Å². The van der Waals surface area contributed by atoms with Crippen LogP contribution in [0.1, 0.15) is 24.1 Å². The van der Waals surface area contributed by atoms with Crippen LogP contribution in [0.4, 0.5) is 0 Å². The van der Waals surface area contributed by atoms with Crippen molar-refractivity contribution < 1.29 is 0 Å². The van der Waals surface area contributed by atoms with Crippen LogP contribution in [0.2, 0.25) is 0 Å². The van der Waals surface area contributed by atoms with E-state index in [2.05, 4.69) is 9.97 Å². The molecular formula is C15H16N4O2. The fourth-order valence-electron chi connectivity index (χ4n) is 3.38. The van der Waals surface area contributed by atoms with E-state index in [0.717, 1.165) is 28.3 Å². The van der Waals surface area contributed by atoms with Gasteiger partial charge in [-0.2, -0.15) is 0 Å². The van der Waals surface area contributed by atoms with E-state index in [1.54, 1.807) is 13.2 Å². The summed E-state index contributed by atoms with van der Waals surface area (Å²) < 4.78 is 2.57. The minimum absolute atomic E-state index is 0.287. The highest BCUT2D eigenvalue weighted by Crippen LogP contribution is 2.30. The lowest BCUT2D eigenvalue weighted by atomic mass is 9.96. The predicted octanol–water partition coefficient (Wildman–Crippen LogP) is 0.992. The number of nitrogens with zero attached hydrogens (tertiary/aromatic N) is 3. The van der Waals surface area contributed by atoms with E-state index in [-0.39, 0.29) is 11.2 Å². The van der Waals surface area contributed by atoms with Crippen molar-refractivity contribution in [1.29, 1.82) is 0 Å². The second-order valence-corrected chi connectivity index (χ2v) is 5.74. The van der Waals surface area contributed by atoms with Crippen LogP contribution in [0.5, 0.6) is 0 Å². The molecule has 0 unspecified atom stereocenters. The molecule has 4 rings (SSSR count). The monoisotopic (exact) mass is 284 g/mol. The zero-order valence-corrected chi connectivity index (χ0v) is 12.1. The fourth-order valence-corrected chi connectivity index (χ4v) is 3.38. The van der Waals surface area contributed by atoms with E-state index in [1.807, 2.05) is 0 Å². The topological polar surface area (TPSA) is 72.7 Å². The van der Waals surface area contributed by atoms with Crippen molar-refractivity contribution in [3.63, 3.8) is 0 Å². The van der Waals surface area contributed by atoms with Gasteiger partial charge in [0.2, 0.25) is 0 Å². The maximum Gasteiger partial charge on any atom is 0.332 e. The summed E-state index contributed by atoms with van der Waals surface area (Å²) >= 11 is 0. The van der Waals surface area contributed by atoms with Gasteiger partial charge in [-0.25, -0.2) is 9.78 Å². The molecule has 3 aromatic heterocycles. The van der Waals surface area contributed by atoms with Crippen molar-refractivity contribution in [2.75, 3.05) is 0 Å². The lowest BCUT2D eigenvalue weighted by Crippen LogP contribution is -2.37. The molecule has 1 aliphatic carbocycles. The van der Waals surface area contributed by atoms with Crippen LogP contribution in [0.3, 0.4) is 0 Å². The molecule has 1 N–H and O–H groups in total. The van der Waals surface area contributed by atoms with Crippen molar-refractivity contribution in [2.45, 2.75) is 25.7 Å². The van der Waals surface area contributed by atoms with Crippen molar-refractivity contribution in [3.8, 4) is 0 Å². The largest absolute Gasteiger partial charge is 0.357 e. The molecule has 0 fully saturated rings. The Morgan fingerprint density at radius 2 is 1.90 bits per heavy atom. The SMILES string of the molecule is Cn1c(=O)c2c3[nH]c4c(c3cnc2n(C)c1=O)CCCC4. The summed E-state index contributed by atoms with van der Waals surface area (Å²) in [5, 5.41) is 1.53. The second kappa shape index (κ2) is 4.07. The predicted molar refractivity (Wildman–Crippen MR) is 80.7 cm³/mol. The minimum atomic E-state index is -0.351. The summed E-state index contributed by atoms with van der Waals surface area (Å²) in [6.45, 7) is 0. The molecule has 0 bridgehead atoms. The Kier molecular flexibility index (Phi) is 2.40. The van der Waals surface area contributed by atoms with E-state index in [0.29, 0.717) is 11.0 Å². The van der Waals surface area contributed by atoms with Crippen molar-refractivity contribution in [3.05, 3.63) is 38.3 Å². The first-order valence-corrected chi connectivity index (χ1v) is 7.17.